The number of morpholine rings is 1. The van der Waals surface area contributed by atoms with E-state index >= 15 is 0 Å². The zero-order chi connectivity index (χ0) is 22.2. The monoisotopic (exact) mass is 430 g/mol. The highest BCUT2D eigenvalue weighted by atomic mass is 32.2. The summed E-state index contributed by atoms with van der Waals surface area (Å²) in [6, 6.07) is 8.58. The molecule has 30 heavy (non-hydrogen) atoms. The summed E-state index contributed by atoms with van der Waals surface area (Å²) >= 11 is 0. The van der Waals surface area contributed by atoms with Gasteiger partial charge in [-0.2, -0.15) is 0 Å². The van der Waals surface area contributed by atoms with Crippen LogP contribution in [0.2, 0.25) is 0 Å². The van der Waals surface area contributed by atoms with E-state index in [0.29, 0.717) is 29.2 Å². The molecule has 2 aromatic carbocycles. The predicted octanol–water partition coefficient (Wildman–Crippen LogP) is 3.97. The Balaban J connectivity index is 1.82. The van der Waals surface area contributed by atoms with E-state index in [1.54, 1.807) is 29.2 Å². The van der Waals surface area contributed by atoms with Gasteiger partial charge in [0.1, 0.15) is 0 Å². The Morgan fingerprint density at radius 2 is 1.47 bits per heavy atom. The molecule has 0 radical (unpaired) electrons. The van der Waals surface area contributed by atoms with Gasteiger partial charge in [-0.3, -0.25) is 9.52 Å². The van der Waals surface area contributed by atoms with E-state index in [1.807, 2.05) is 47.6 Å². The normalized spacial score (nSPS) is 19.6. The van der Waals surface area contributed by atoms with Gasteiger partial charge in [-0.25, -0.2) is 8.42 Å². The molecule has 0 aromatic heterocycles. The van der Waals surface area contributed by atoms with Crippen LogP contribution in [0.3, 0.4) is 0 Å². The molecule has 1 fully saturated rings. The van der Waals surface area contributed by atoms with Crippen molar-refractivity contribution in [2.45, 2.75) is 58.6 Å². The van der Waals surface area contributed by atoms with Crippen LogP contribution < -0.4 is 4.72 Å². The third-order valence-corrected chi connectivity index (χ3v) is 7.31. The summed E-state index contributed by atoms with van der Waals surface area (Å²) in [5.74, 6) is -0.0765. The van der Waals surface area contributed by atoms with Crippen molar-refractivity contribution >= 4 is 21.6 Å². The molecular weight excluding hydrogens is 400 g/mol. The van der Waals surface area contributed by atoms with Gasteiger partial charge in [-0.15, -0.1) is 0 Å². The second-order valence-corrected chi connectivity index (χ2v) is 9.86. The summed E-state index contributed by atoms with van der Waals surface area (Å²) in [4.78, 5) is 14.9. The smallest absolute Gasteiger partial charge is 0.262 e. The number of hydrogen-bond acceptors (Lipinski definition) is 4. The Hall–Kier alpha value is -2.38. The Morgan fingerprint density at radius 1 is 0.967 bits per heavy atom. The van der Waals surface area contributed by atoms with Gasteiger partial charge >= 0.3 is 0 Å². The lowest BCUT2D eigenvalue weighted by molar-refractivity contribution is -0.0586. The fourth-order valence-electron chi connectivity index (χ4n) is 4.00. The fourth-order valence-corrected chi connectivity index (χ4v) is 5.67. The largest absolute Gasteiger partial charge is 0.372 e. The quantitative estimate of drug-likeness (QED) is 0.796. The van der Waals surface area contributed by atoms with E-state index in [2.05, 4.69) is 4.72 Å². The van der Waals surface area contributed by atoms with Crippen LogP contribution in [0, 0.1) is 27.7 Å². The van der Waals surface area contributed by atoms with Gasteiger partial charge in [-0.1, -0.05) is 6.07 Å². The average molecular weight is 431 g/mol. The predicted molar refractivity (Wildman–Crippen MR) is 119 cm³/mol. The number of ether oxygens (including phenoxy) is 1. The van der Waals surface area contributed by atoms with E-state index in [4.69, 9.17) is 4.74 Å². The Labute approximate surface area is 179 Å². The van der Waals surface area contributed by atoms with Crippen molar-refractivity contribution in [2.75, 3.05) is 17.8 Å². The lowest BCUT2D eigenvalue weighted by atomic mass is 10.0. The number of aryl methyl sites for hydroxylation is 2. The first-order valence-corrected chi connectivity index (χ1v) is 11.6. The van der Waals surface area contributed by atoms with E-state index in [-0.39, 0.29) is 18.1 Å². The molecule has 0 aliphatic carbocycles. The molecule has 0 bridgehead atoms. The summed E-state index contributed by atoms with van der Waals surface area (Å²) < 4.78 is 34.5. The minimum absolute atomic E-state index is 0.00644. The average Bonchev–Trinajstić information content (AvgIpc) is 2.65. The van der Waals surface area contributed by atoms with Crippen molar-refractivity contribution in [3.8, 4) is 0 Å². The van der Waals surface area contributed by atoms with Crippen molar-refractivity contribution in [3.05, 3.63) is 58.1 Å². The molecule has 1 heterocycles. The van der Waals surface area contributed by atoms with Crippen LogP contribution >= 0.6 is 0 Å². The first-order chi connectivity index (χ1) is 14.0. The van der Waals surface area contributed by atoms with Gasteiger partial charge in [0.25, 0.3) is 15.9 Å². The first-order valence-electron chi connectivity index (χ1n) is 10.1. The molecule has 0 saturated carbocycles. The van der Waals surface area contributed by atoms with Gasteiger partial charge in [0.2, 0.25) is 0 Å². The number of carbonyl (C=O) groups excluding carboxylic acids is 1. The lowest BCUT2D eigenvalue weighted by Gasteiger charge is -2.35. The van der Waals surface area contributed by atoms with E-state index in [9.17, 15) is 13.2 Å². The van der Waals surface area contributed by atoms with Gasteiger partial charge in [0.05, 0.1) is 17.1 Å². The number of nitrogens with zero attached hydrogens (tertiary/aromatic N) is 1. The SMILES string of the molecule is Cc1cc(C)c(C)c(S(=O)(=O)Nc2ccc(C(=O)N3C[C@H](C)O[C@@H](C)C3)cc2)c1C. The maximum atomic E-state index is 13.1. The van der Waals surface area contributed by atoms with Crippen molar-refractivity contribution in [3.63, 3.8) is 0 Å². The van der Waals surface area contributed by atoms with Crippen LogP contribution in [0.5, 0.6) is 0 Å². The molecule has 0 spiro atoms. The van der Waals surface area contributed by atoms with Crippen LogP contribution in [-0.4, -0.2) is 44.5 Å². The summed E-state index contributed by atoms with van der Waals surface area (Å²) in [6.45, 7) is 12.5. The third kappa shape index (κ3) is 4.52. The molecule has 2 aromatic rings. The van der Waals surface area contributed by atoms with E-state index in [1.165, 1.54) is 0 Å². The van der Waals surface area contributed by atoms with E-state index in [0.717, 1.165) is 22.3 Å². The number of benzene rings is 2. The molecule has 1 aliphatic heterocycles. The summed E-state index contributed by atoms with van der Waals surface area (Å²) in [6.07, 6.45) is -0.0129. The van der Waals surface area contributed by atoms with Gasteiger partial charge in [-0.05, 0) is 88.1 Å². The van der Waals surface area contributed by atoms with Gasteiger partial charge < -0.3 is 9.64 Å². The molecular formula is C23H30N2O4S. The number of amides is 1. The summed E-state index contributed by atoms with van der Waals surface area (Å²) in [5.41, 5.74) is 4.31. The molecule has 162 valence electrons. The second kappa shape index (κ2) is 8.40. The maximum Gasteiger partial charge on any atom is 0.262 e. The lowest BCUT2D eigenvalue weighted by Crippen LogP contribution is -2.48. The van der Waals surface area contributed by atoms with E-state index < -0.39 is 10.0 Å². The summed E-state index contributed by atoms with van der Waals surface area (Å²) in [7, 11) is -3.75. The zero-order valence-corrected chi connectivity index (χ0v) is 19.3. The molecule has 1 saturated heterocycles. The third-order valence-electron chi connectivity index (χ3n) is 5.66. The molecule has 0 unspecified atom stereocenters. The Morgan fingerprint density at radius 3 is 1.97 bits per heavy atom. The topological polar surface area (TPSA) is 75.7 Å². The van der Waals surface area contributed by atoms with Crippen molar-refractivity contribution < 1.29 is 17.9 Å². The number of carbonyl (C=O) groups is 1. The molecule has 7 heteroatoms. The Kier molecular flexibility index (Phi) is 6.24. The first kappa shape index (κ1) is 22.3. The number of hydrogen-bond donors (Lipinski definition) is 1. The van der Waals surface area contributed by atoms with Gasteiger partial charge in [0.15, 0.2) is 0 Å². The van der Waals surface area contributed by atoms with Crippen LogP contribution in [0.1, 0.15) is 46.5 Å². The number of anilines is 1. The highest BCUT2D eigenvalue weighted by Crippen LogP contribution is 2.28. The highest BCUT2D eigenvalue weighted by molar-refractivity contribution is 7.92. The van der Waals surface area contributed by atoms with Crippen LogP contribution in [0.4, 0.5) is 5.69 Å². The van der Waals surface area contributed by atoms with Crippen molar-refractivity contribution in [1.82, 2.24) is 4.90 Å². The molecule has 6 nitrogen and oxygen atoms in total. The molecule has 2 atom stereocenters. The minimum Gasteiger partial charge on any atom is -0.372 e. The zero-order valence-electron chi connectivity index (χ0n) is 18.4. The molecule has 3 rings (SSSR count). The standard InChI is InChI=1S/C23H30N2O4S/c1-14-11-15(2)19(6)22(18(14)5)30(27,28)24-21-9-7-20(8-10-21)23(26)25-12-16(3)29-17(4)13-25/h7-11,16-17,24H,12-13H2,1-6H3/t16-,17-/m0/s1. The van der Waals surface area contributed by atoms with Crippen LogP contribution in [0.25, 0.3) is 0 Å². The number of rotatable bonds is 4. The van der Waals surface area contributed by atoms with Crippen molar-refractivity contribution in [2.24, 2.45) is 0 Å². The fraction of sp³-hybridized carbons (Fsp3) is 0.435. The van der Waals surface area contributed by atoms with Crippen LogP contribution in [-0.2, 0) is 14.8 Å². The molecule has 1 aliphatic rings. The number of sulfonamides is 1. The molecule has 1 amide bonds. The Bertz CT molecular complexity index is 1030. The number of nitrogens with one attached hydrogen (secondary N) is 1. The maximum absolute atomic E-state index is 13.1. The second-order valence-electron chi connectivity index (χ2n) is 8.24. The van der Waals surface area contributed by atoms with Crippen molar-refractivity contribution in [1.29, 1.82) is 0 Å². The molecule has 1 N–H and O–H groups in total. The van der Waals surface area contributed by atoms with Crippen LogP contribution in [0.15, 0.2) is 35.2 Å². The highest BCUT2D eigenvalue weighted by Gasteiger charge is 2.27. The minimum atomic E-state index is -3.75. The summed E-state index contributed by atoms with van der Waals surface area (Å²) in [5, 5.41) is 0. The van der Waals surface area contributed by atoms with Gasteiger partial charge in [0, 0.05) is 24.3 Å².